The standard InChI is InChI=1S/C15H18N4O4S/c1-18-14(6-7-16-18)15(20)17-12-2-4-13(5-3-12)24(21,22)19-8-10-23-11-9-19/h2-7H,8-11H2,1H3,(H,17,20). The topological polar surface area (TPSA) is 93.5 Å². The number of carbonyl (C=O) groups is 1. The summed E-state index contributed by atoms with van der Waals surface area (Å²) in [4.78, 5) is 12.3. The molecule has 0 atom stereocenters. The first-order chi connectivity index (χ1) is 11.5. The molecule has 0 radical (unpaired) electrons. The lowest BCUT2D eigenvalue weighted by atomic mass is 10.3. The predicted octanol–water partition coefficient (Wildman–Crippen LogP) is 0.693. The molecule has 1 aliphatic rings. The number of sulfonamides is 1. The van der Waals surface area contributed by atoms with Crippen molar-refractivity contribution in [2.75, 3.05) is 31.6 Å². The second-order valence-corrected chi connectivity index (χ2v) is 7.27. The second kappa shape index (κ2) is 6.71. The Hall–Kier alpha value is -2.23. The van der Waals surface area contributed by atoms with E-state index >= 15 is 0 Å². The van der Waals surface area contributed by atoms with E-state index in [2.05, 4.69) is 10.4 Å². The van der Waals surface area contributed by atoms with Crippen molar-refractivity contribution in [2.45, 2.75) is 4.90 Å². The summed E-state index contributed by atoms with van der Waals surface area (Å²) in [6.07, 6.45) is 1.53. The lowest BCUT2D eigenvalue weighted by molar-refractivity contribution is 0.0730. The zero-order chi connectivity index (χ0) is 17.2. The lowest BCUT2D eigenvalue weighted by Gasteiger charge is -2.26. The Bertz CT molecular complexity index is 823. The summed E-state index contributed by atoms with van der Waals surface area (Å²) in [6.45, 7) is 1.50. The van der Waals surface area contributed by atoms with Crippen LogP contribution in [0.4, 0.5) is 5.69 Å². The van der Waals surface area contributed by atoms with Gasteiger partial charge < -0.3 is 10.1 Å². The maximum atomic E-state index is 12.5. The van der Waals surface area contributed by atoms with Gasteiger partial charge in [0.2, 0.25) is 10.0 Å². The van der Waals surface area contributed by atoms with Crippen molar-refractivity contribution in [3.05, 3.63) is 42.2 Å². The van der Waals surface area contributed by atoms with Gasteiger partial charge in [-0.05, 0) is 30.3 Å². The molecule has 128 valence electrons. The van der Waals surface area contributed by atoms with Crippen LogP contribution in [0.3, 0.4) is 0 Å². The Labute approximate surface area is 140 Å². The molecular formula is C15H18N4O4S. The fraction of sp³-hybridized carbons (Fsp3) is 0.333. The zero-order valence-corrected chi connectivity index (χ0v) is 14.0. The zero-order valence-electron chi connectivity index (χ0n) is 13.2. The van der Waals surface area contributed by atoms with Crippen molar-refractivity contribution in [3.8, 4) is 0 Å². The summed E-state index contributed by atoms with van der Waals surface area (Å²) in [5, 5.41) is 6.65. The molecule has 0 saturated carbocycles. The molecule has 9 heteroatoms. The van der Waals surface area contributed by atoms with E-state index in [9.17, 15) is 13.2 Å². The highest BCUT2D eigenvalue weighted by molar-refractivity contribution is 7.89. The smallest absolute Gasteiger partial charge is 0.273 e. The molecule has 0 spiro atoms. The summed E-state index contributed by atoms with van der Waals surface area (Å²) in [5.41, 5.74) is 0.933. The molecule has 24 heavy (non-hydrogen) atoms. The van der Waals surface area contributed by atoms with Crippen LogP contribution >= 0.6 is 0 Å². The largest absolute Gasteiger partial charge is 0.379 e. The van der Waals surface area contributed by atoms with E-state index < -0.39 is 10.0 Å². The molecule has 1 fully saturated rings. The Balaban J connectivity index is 1.73. The lowest BCUT2D eigenvalue weighted by Crippen LogP contribution is -2.40. The van der Waals surface area contributed by atoms with Gasteiger partial charge in [0, 0.05) is 32.0 Å². The molecule has 1 saturated heterocycles. The number of anilines is 1. The van der Waals surface area contributed by atoms with Crippen molar-refractivity contribution in [1.29, 1.82) is 0 Å². The van der Waals surface area contributed by atoms with E-state index in [1.165, 1.54) is 27.3 Å². The molecule has 0 aliphatic carbocycles. The van der Waals surface area contributed by atoms with Crippen LogP contribution in [0.25, 0.3) is 0 Å². The van der Waals surface area contributed by atoms with Crippen LogP contribution in [0.15, 0.2) is 41.4 Å². The van der Waals surface area contributed by atoms with Gasteiger partial charge in [-0.15, -0.1) is 0 Å². The fourth-order valence-electron chi connectivity index (χ4n) is 2.44. The number of hydrogen-bond acceptors (Lipinski definition) is 5. The van der Waals surface area contributed by atoms with Gasteiger partial charge >= 0.3 is 0 Å². The maximum absolute atomic E-state index is 12.5. The van der Waals surface area contributed by atoms with Gasteiger partial charge in [-0.2, -0.15) is 9.40 Å². The third-order valence-electron chi connectivity index (χ3n) is 3.77. The minimum atomic E-state index is -3.53. The van der Waals surface area contributed by atoms with Crippen LogP contribution < -0.4 is 5.32 Å². The number of aryl methyl sites for hydroxylation is 1. The fourth-order valence-corrected chi connectivity index (χ4v) is 3.85. The van der Waals surface area contributed by atoms with Crippen molar-refractivity contribution in [2.24, 2.45) is 7.05 Å². The summed E-state index contributed by atoms with van der Waals surface area (Å²) in [5.74, 6) is -0.307. The molecule has 3 rings (SSSR count). The molecule has 1 aromatic heterocycles. The monoisotopic (exact) mass is 350 g/mol. The molecule has 1 amide bonds. The number of ether oxygens (including phenoxy) is 1. The van der Waals surface area contributed by atoms with Crippen LogP contribution in [0, 0.1) is 0 Å². The molecule has 0 unspecified atom stereocenters. The normalized spacial score (nSPS) is 16.0. The third kappa shape index (κ3) is 3.32. The number of carbonyl (C=O) groups excluding carboxylic acids is 1. The summed E-state index contributed by atoms with van der Waals surface area (Å²) in [7, 11) is -1.86. The maximum Gasteiger partial charge on any atom is 0.273 e. The van der Waals surface area contributed by atoms with Gasteiger partial charge in [0.15, 0.2) is 0 Å². The predicted molar refractivity (Wildman–Crippen MR) is 87.2 cm³/mol. The number of benzene rings is 1. The van der Waals surface area contributed by atoms with E-state index in [4.69, 9.17) is 4.74 Å². The first kappa shape index (κ1) is 16.6. The third-order valence-corrected chi connectivity index (χ3v) is 5.69. The van der Waals surface area contributed by atoms with E-state index in [1.54, 1.807) is 25.2 Å². The van der Waals surface area contributed by atoms with Gasteiger partial charge in [0.1, 0.15) is 5.69 Å². The Kier molecular flexibility index (Phi) is 4.65. The Morgan fingerprint density at radius 2 is 1.83 bits per heavy atom. The highest BCUT2D eigenvalue weighted by Crippen LogP contribution is 2.19. The van der Waals surface area contributed by atoms with E-state index in [-0.39, 0.29) is 10.8 Å². The van der Waals surface area contributed by atoms with Crippen LogP contribution in [-0.2, 0) is 21.8 Å². The molecule has 1 aliphatic heterocycles. The molecule has 1 aromatic carbocycles. The number of morpholine rings is 1. The van der Waals surface area contributed by atoms with E-state index in [0.717, 1.165) is 0 Å². The minimum Gasteiger partial charge on any atom is -0.379 e. The molecule has 0 bridgehead atoms. The highest BCUT2D eigenvalue weighted by Gasteiger charge is 2.26. The van der Waals surface area contributed by atoms with Crippen molar-refractivity contribution in [1.82, 2.24) is 14.1 Å². The van der Waals surface area contributed by atoms with Crippen LogP contribution in [0.2, 0.25) is 0 Å². The SMILES string of the molecule is Cn1nccc1C(=O)Nc1ccc(S(=O)(=O)N2CCOCC2)cc1. The van der Waals surface area contributed by atoms with E-state index in [0.29, 0.717) is 37.7 Å². The van der Waals surface area contributed by atoms with Crippen molar-refractivity contribution in [3.63, 3.8) is 0 Å². The van der Waals surface area contributed by atoms with Crippen LogP contribution in [0.5, 0.6) is 0 Å². The Morgan fingerprint density at radius 3 is 2.42 bits per heavy atom. The molecular weight excluding hydrogens is 332 g/mol. The van der Waals surface area contributed by atoms with Crippen molar-refractivity contribution < 1.29 is 17.9 Å². The first-order valence-corrected chi connectivity index (χ1v) is 8.90. The van der Waals surface area contributed by atoms with Crippen LogP contribution in [-0.4, -0.2) is 54.7 Å². The van der Waals surface area contributed by atoms with Crippen LogP contribution in [0.1, 0.15) is 10.5 Å². The quantitative estimate of drug-likeness (QED) is 0.876. The summed E-state index contributed by atoms with van der Waals surface area (Å²) in [6, 6.07) is 7.73. The average Bonchev–Trinajstić information content (AvgIpc) is 3.02. The second-order valence-electron chi connectivity index (χ2n) is 5.34. The molecule has 8 nitrogen and oxygen atoms in total. The number of nitrogens with one attached hydrogen (secondary N) is 1. The highest BCUT2D eigenvalue weighted by atomic mass is 32.2. The van der Waals surface area contributed by atoms with Gasteiger partial charge in [-0.25, -0.2) is 8.42 Å². The molecule has 1 N–H and O–H groups in total. The number of nitrogens with zero attached hydrogens (tertiary/aromatic N) is 3. The number of aromatic nitrogens is 2. The van der Waals surface area contributed by atoms with Gasteiger partial charge in [0.05, 0.1) is 18.1 Å². The number of hydrogen-bond donors (Lipinski definition) is 1. The summed E-state index contributed by atoms with van der Waals surface area (Å²) < 4.78 is 33.1. The molecule has 2 heterocycles. The Morgan fingerprint density at radius 1 is 1.17 bits per heavy atom. The van der Waals surface area contributed by atoms with Gasteiger partial charge in [-0.1, -0.05) is 0 Å². The summed E-state index contributed by atoms with van der Waals surface area (Å²) >= 11 is 0. The van der Waals surface area contributed by atoms with Gasteiger partial charge in [0.25, 0.3) is 5.91 Å². The average molecular weight is 350 g/mol. The minimum absolute atomic E-state index is 0.197. The number of rotatable bonds is 4. The van der Waals surface area contributed by atoms with Gasteiger partial charge in [-0.3, -0.25) is 9.48 Å². The number of amides is 1. The van der Waals surface area contributed by atoms with Crippen molar-refractivity contribution >= 4 is 21.6 Å². The molecule has 2 aromatic rings. The first-order valence-electron chi connectivity index (χ1n) is 7.46. The van der Waals surface area contributed by atoms with E-state index in [1.807, 2.05) is 0 Å².